The first kappa shape index (κ1) is 17.2. The number of rotatable bonds is 2. The fourth-order valence-corrected chi connectivity index (χ4v) is 4.88. The van der Waals surface area contributed by atoms with Gasteiger partial charge in [0.15, 0.2) is 17.4 Å². The molecule has 2 aliphatic heterocycles. The number of halogens is 2. The van der Waals surface area contributed by atoms with Crippen molar-refractivity contribution in [2.75, 3.05) is 24.5 Å². The highest BCUT2D eigenvalue weighted by Crippen LogP contribution is 2.41. The van der Waals surface area contributed by atoms with Crippen LogP contribution in [0.1, 0.15) is 23.2 Å². The lowest BCUT2D eigenvalue weighted by Gasteiger charge is -2.24. The Morgan fingerprint density at radius 2 is 2.08 bits per heavy atom. The summed E-state index contributed by atoms with van der Waals surface area (Å²) in [6, 6.07) is 0.133. The number of benzene rings is 1. The molecule has 0 radical (unpaired) electrons. The van der Waals surface area contributed by atoms with Gasteiger partial charge in [0.05, 0.1) is 10.1 Å². The molecular formula is C17H16F2N2O4S. The summed E-state index contributed by atoms with van der Waals surface area (Å²) in [5, 5.41) is 23.0. The zero-order valence-corrected chi connectivity index (χ0v) is 14.4. The lowest BCUT2D eigenvalue weighted by Crippen LogP contribution is -2.40. The number of phenols is 1. The van der Waals surface area contributed by atoms with Gasteiger partial charge in [0.1, 0.15) is 11.3 Å². The molecule has 138 valence electrons. The number of aromatic carboxylic acids is 1. The number of carboxylic acid groups (broad SMARTS) is 1. The van der Waals surface area contributed by atoms with E-state index in [4.69, 9.17) is 5.11 Å². The highest BCUT2D eigenvalue weighted by molar-refractivity contribution is 7.16. The maximum Gasteiger partial charge on any atom is 0.340 e. The molecule has 2 saturated heterocycles. The molecule has 6 nitrogen and oxygen atoms in total. The third kappa shape index (κ3) is 2.45. The Balaban J connectivity index is 1.88. The van der Waals surface area contributed by atoms with E-state index in [9.17, 15) is 19.1 Å². The first-order valence-corrected chi connectivity index (χ1v) is 9.15. The van der Waals surface area contributed by atoms with Crippen molar-refractivity contribution in [2.24, 2.45) is 5.92 Å². The minimum absolute atomic E-state index is 0.133. The van der Waals surface area contributed by atoms with Gasteiger partial charge in [0.2, 0.25) is 5.43 Å². The van der Waals surface area contributed by atoms with Crippen molar-refractivity contribution in [2.45, 2.75) is 18.9 Å². The maximum atomic E-state index is 15.1. The lowest BCUT2D eigenvalue weighted by molar-refractivity contribution is 0.0696. The van der Waals surface area contributed by atoms with Crippen LogP contribution in [-0.2, 0) is 0 Å². The molecule has 0 amide bonds. The number of hydrogen-bond donors (Lipinski definition) is 3. The van der Waals surface area contributed by atoms with E-state index < -0.39 is 39.7 Å². The van der Waals surface area contributed by atoms with Crippen LogP contribution in [-0.4, -0.2) is 41.9 Å². The van der Waals surface area contributed by atoms with Crippen molar-refractivity contribution in [1.29, 1.82) is 0 Å². The number of anilines is 1. The Kier molecular flexibility index (Phi) is 4.07. The van der Waals surface area contributed by atoms with Crippen molar-refractivity contribution < 1.29 is 23.8 Å². The second-order valence-corrected chi connectivity index (χ2v) is 7.56. The number of nitrogens with zero attached hydrogens (tertiary/aromatic N) is 1. The van der Waals surface area contributed by atoms with E-state index >= 15 is 4.39 Å². The molecule has 1 aromatic heterocycles. The predicted octanol–water partition coefficient (Wildman–Crippen LogP) is 2.13. The van der Waals surface area contributed by atoms with Crippen LogP contribution in [0.4, 0.5) is 14.5 Å². The summed E-state index contributed by atoms with van der Waals surface area (Å²) in [7, 11) is 0. The average molecular weight is 382 g/mol. The fraction of sp³-hybridized carbons (Fsp3) is 0.412. The quantitative estimate of drug-likeness (QED) is 0.737. The molecular weight excluding hydrogens is 366 g/mol. The number of phenolic OH excluding ortho intramolecular Hbond substituents is 1. The Bertz CT molecular complexity index is 964. The second kappa shape index (κ2) is 6.17. The smallest absolute Gasteiger partial charge is 0.340 e. The van der Waals surface area contributed by atoms with Gasteiger partial charge in [-0.2, -0.15) is 0 Å². The molecule has 0 unspecified atom stereocenters. The van der Waals surface area contributed by atoms with Gasteiger partial charge in [-0.1, -0.05) is 0 Å². The summed E-state index contributed by atoms with van der Waals surface area (Å²) in [5.41, 5.74) is -2.07. The number of piperidine rings is 1. The molecule has 3 N–H and O–H groups in total. The number of fused-ring (bicyclic) bond motifs is 2. The average Bonchev–Trinajstić information content (AvgIpc) is 3.03. The van der Waals surface area contributed by atoms with E-state index in [0.29, 0.717) is 24.4 Å². The Morgan fingerprint density at radius 1 is 1.31 bits per heavy atom. The minimum Gasteiger partial charge on any atom is -0.504 e. The number of carbonyl (C=O) groups is 1. The highest BCUT2D eigenvalue weighted by atomic mass is 32.1. The summed E-state index contributed by atoms with van der Waals surface area (Å²) < 4.78 is 29.6. The minimum atomic E-state index is -1.51. The molecule has 26 heavy (non-hydrogen) atoms. The molecule has 2 fully saturated rings. The van der Waals surface area contributed by atoms with Gasteiger partial charge in [-0.15, -0.1) is 11.3 Å². The fourth-order valence-electron chi connectivity index (χ4n) is 3.92. The lowest BCUT2D eigenvalue weighted by atomic mass is 9.94. The van der Waals surface area contributed by atoms with E-state index in [-0.39, 0.29) is 22.3 Å². The highest BCUT2D eigenvalue weighted by Gasteiger charge is 2.38. The zero-order valence-electron chi connectivity index (χ0n) is 13.6. The molecule has 3 heterocycles. The summed E-state index contributed by atoms with van der Waals surface area (Å²) in [4.78, 5) is 24.9. The van der Waals surface area contributed by atoms with E-state index in [1.54, 1.807) is 4.90 Å². The molecule has 2 aromatic rings. The maximum absolute atomic E-state index is 15.1. The summed E-state index contributed by atoms with van der Waals surface area (Å²) in [5.74, 6) is -4.39. The van der Waals surface area contributed by atoms with Crippen molar-refractivity contribution in [1.82, 2.24) is 5.32 Å². The molecule has 2 aliphatic rings. The van der Waals surface area contributed by atoms with Crippen LogP contribution in [0.15, 0.2) is 10.2 Å². The first-order valence-electron chi connectivity index (χ1n) is 8.27. The monoisotopic (exact) mass is 382 g/mol. The summed E-state index contributed by atoms with van der Waals surface area (Å²) in [6.45, 7) is 1.73. The van der Waals surface area contributed by atoms with Crippen molar-refractivity contribution in [3.63, 3.8) is 0 Å². The van der Waals surface area contributed by atoms with Crippen LogP contribution in [0.3, 0.4) is 0 Å². The number of carboxylic acids is 1. The van der Waals surface area contributed by atoms with E-state index in [1.165, 1.54) is 0 Å². The van der Waals surface area contributed by atoms with Crippen LogP contribution in [0, 0.1) is 17.6 Å². The van der Waals surface area contributed by atoms with Gasteiger partial charge in [0, 0.05) is 24.5 Å². The van der Waals surface area contributed by atoms with Crippen molar-refractivity contribution >= 4 is 33.1 Å². The van der Waals surface area contributed by atoms with Crippen LogP contribution in [0.5, 0.6) is 5.75 Å². The molecule has 0 aliphatic carbocycles. The summed E-state index contributed by atoms with van der Waals surface area (Å²) >= 11 is 0.669. The first-order chi connectivity index (χ1) is 12.4. The van der Waals surface area contributed by atoms with Crippen LogP contribution < -0.4 is 15.6 Å². The van der Waals surface area contributed by atoms with Gasteiger partial charge >= 0.3 is 5.97 Å². The predicted molar refractivity (Wildman–Crippen MR) is 93.4 cm³/mol. The Labute approximate surface area is 150 Å². The van der Waals surface area contributed by atoms with E-state index in [1.807, 2.05) is 0 Å². The standard InChI is InChI=1S/C17H16F2N2O4S/c18-11-13(21-4-7-2-1-3-20-9(7)5-21)12(19)16-10(15(11)23)14(22)8(6-26-16)17(24)25/h6-7,9,20,23H,1-5H2,(H,24,25)/t7-,9+/m0/s1. The van der Waals surface area contributed by atoms with E-state index in [2.05, 4.69) is 5.32 Å². The topological polar surface area (TPSA) is 89.9 Å². The van der Waals surface area contributed by atoms with Gasteiger partial charge in [-0.3, -0.25) is 4.79 Å². The molecule has 2 atom stereocenters. The van der Waals surface area contributed by atoms with Crippen LogP contribution >= 0.6 is 11.3 Å². The molecule has 4 rings (SSSR count). The molecule has 0 spiro atoms. The second-order valence-electron chi connectivity index (χ2n) is 6.68. The third-order valence-electron chi connectivity index (χ3n) is 5.20. The SMILES string of the molecule is O=C(O)c1csc2c(F)c(N3C[C@@H]4CCCN[C@@H]4C3)c(F)c(O)c2c1=O. The van der Waals surface area contributed by atoms with Gasteiger partial charge in [-0.05, 0) is 25.3 Å². The van der Waals surface area contributed by atoms with Gasteiger partial charge in [0.25, 0.3) is 0 Å². The van der Waals surface area contributed by atoms with Crippen molar-refractivity contribution in [3.8, 4) is 5.75 Å². The molecule has 1 aromatic carbocycles. The zero-order chi connectivity index (χ0) is 18.6. The third-order valence-corrected chi connectivity index (χ3v) is 6.17. The van der Waals surface area contributed by atoms with Gasteiger partial charge in [-0.25, -0.2) is 13.6 Å². The Hall–Kier alpha value is -2.26. The van der Waals surface area contributed by atoms with Crippen LogP contribution in [0.25, 0.3) is 10.1 Å². The number of nitrogens with one attached hydrogen (secondary N) is 1. The number of aromatic hydroxyl groups is 1. The Morgan fingerprint density at radius 3 is 2.77 bits per heavy atom. The molecule has 0 saturated carbocycles. The normalized spacial score (nSPS) is 22.6. The molecule has 9 heteroatoms. The van der Waals surface area contributed by atoms with Crippen molar-refractivity contribution in [3.05, 3.63) is 32.8 Å². The summed E-state index contributed by atoms with van der Waals surface area (Å²) in [6.07, 6.45) is 1.97. The molecule has 0 bridgehead atoms. The number of hydrogen-bond acceptors (Lipinski definition) is 6. The van der Waals surface area contributed by atoms with Gasteiger partial charge < -0.3 is 20.4 Å². The van der Waals surface area contributed by atoms with E-state index in [0.717, 1.165) is 24.8 Å². The van der Waals surface area contributed by atoms with Crippen LogP contribution in [0.2, 0.25) is 0 Å². The largest absolute Gasteiger partial charge is 0.504 e.